The summed E-state index contributed by atoms with van der Waals surface area (Å²) in [7, 11) is 0. The molecular weight excluding hydrogens is 275 g/mol. The first-order valence-corrected chi connectivity index (χ1v) is 5.70. The van der Waals surface area contributed by atoms with Gasteiger partial charge in [-0.2, -0.15) is 0 Å². The highest BCUT2D eigenvalue weighted by molar-refractivity contribution is 9.10. The average Bonchev–Trinajstić information content (AvgIpc) is 2.18. The van der Waals surface area contributed by atoms with Crippen LogP contribution in [0.5, 0.6) is 0 Å². The molecule has 1 aliphatic rings. The minimum absolute atomic E-state index is 0.124. The molecule has 0 aliphatic carbocycles. The third-order valence-electron chi connectivity index (χ3n) is 2.71. The normalized spacial score (nSPS) is 17.4. The van der Waals surface area contributed by atoms with E-state index in [2.05, 4.69) is 26.6 Å². The summed E-state index contributed by atoms with van der Waals surface area (Å²) in [5.41, 5.74) is 1.21. The summed E-state index contributed by atoms with van der Waals surface area (Å²) < 4.78 is 13.9. The van der Waals surface area contributed by atoms with E-state index in [4.69, 9.17) is 0 Å². The van der Waals surface area contributed by atoms with Crippen LogP contribution >= 0.6 is 15.9 Å². The first kappa shape index (κ1) is 11.4. The van der Waals surface area contributed by atoms with Crippen molar-refractivity contribution in [1.82, 2.24) is 0 Å². The van der Waals surface area contributed by atoms with E-state index in [9.17, 15) is 9.18 Å². The number of carbonyl (C=O) groups excluding carboxylic acids is 1. The topological polar surface area (TPSA) is 41.1 Å². The number of fused-ring (bicyclic) bond motifs is 1. The van der Waals surface area contributed by atoms with Crippen LogP contribution in [0.15, 0.2) is 10.5 Å². The molecule has 3 nitrogen and oxygen atoms in total. The summed E-state index contributed by atoms with van der Waals surface area (Å²) in [4.78, 5) is 11.7. The summed E-state index contributed by atoms with van der Waals surface area (Å²) in [5.74, 6) is -0.461. The van der Waals surface area contributed by atoms with Gasteiger partial charge in [-0.05, 0) is 42.3 Å². The molecule has 0 bridgehead atoms. The van der Waals surface area contributed by atoms with Gasteiger partial charge in [0, 0.05) is 6.07 Å². The first-order valence-electron chi connectivity index (χ1n) is 4.91. The fourth-order valence-corrected chi connectivity index (χ4v) is 1.99. The van der Waals surface area contributed by atoms with Crippen molar-refractivity contribution >= 4 is 33.2 Å². The van der Waals surface area contributed by atoms with Gasteiger partial charge in [0.05, 0.1) is 15.8 Å². The molecule has 1 aliphatic heterocycles. The van der Waals surface area contributed by atoms with Crippen molar-refractivity contribution < 1.29 is 9.18 Å². The number of amides is 1. The summed E-state index contributed by atoms with van der Waals surface area (Å²) >= 11 is 3.15. The van der Waals surface area contributed by atoms with E-state index in [1.54, 1.807) is 20.8 Å². The molecule has 0 aromatic heterocycles. The molecule has 16 heavy (non-hydrogen) atoms. The SMILES string of the molecule is Cc1c(Br)c(F)cc2c1NC(=O)C(C)(C)N2. The maximum atomic E-state index is 13.5. The van der Waals surface area contributed by atoms with Crippen LogP contribution in [0, 0.1) is 12.7 Å². The smallest absolute Gasteiger partial charge is 0.249 e. The fourth-order valence-electron chi connectivity index (χ4n) is 1.68. The zero-order valence-electron chi connectivity index (χ0n) is 9.24. The van der Waals surface area contributed by atoms with Gasteiger partial charge in [-0.3, -0.25) is 4.79 Å². The minimum atomic E-state index is -0.723. The second-order valence-corrected chi connectivity index (χ2v) is 5.22. The van der Waals surface area contributed by atoms with E-state index in [-0.39, 0.29) is 11.7 Å². The summed E-state index contributed by atoms with van der Waals surface area (Å²) in [5, 5.41) is 5.81. The molecule has 0 unspecified atom stereocenters. The van der Waals surface area contributed by atoms with Crippen molar-refractivity contribution in [3.63, 3.8) is 0 Å². The van der Waals surface area contributed by atoms with Crippen LogP contribution < -0.4 is 10.6 Å². The molecule has 0 atom stereocenters. The van der Waals surface area contributed by atoms with Crippen molar-refractivity contribution in [1.29, 1.82) is 0 Å². The first-order chi connectivity index (χ1) is 7.33. The Morgan fingerprint density at radius 2 is 2.06 bits per heavy atom. The van der Waals surface area contributed by atoms with Gasteiger partial charge >= 0.3 is 0 Å². The van der Waals surface area contributed by atoms with Gasteiger partial charge < -0.3 is 10.6 Å². The van der Waals surface area contributed by atoms with Crippen LogP contribution in [0.25, 0.3) is 0 Å². The Kier molecular flexibility index (Phi) is 2.45. The molecule has 86 valence electrons. The molecule has 0 saturated heterocycles. The van der Waals surface area contributed by atoms with Crippen LogP contribution in [-0.2, 0) is 4.79 Å². The Hall–Kier alpha value is -1.10. The van der Waals surface area contributed by atoms with Crippen molar-refractivity contribution in [2.45, 2.75) is 26.3 Å². The number of hydrogen-bond donors (Lipinski definition) is 2. The average molecular weight is 287 g/mol. The number of anilines is 2. The predicted octanol–water partition coefficient (Wildman–Crippen LogP) is 3.04. The Morgan fingerprint density at radius 1 is 1.44 bits per heavy atom. The molecule has 2 N–H and O–H groups in total. The van der Waals surface area contributed by atoms with Crippen molar-refractivity contribution in [3.8, 4) is 0 Å². The van der Waals surface area contributed by atoms with E-state index in [0.717, 1.165) is 0 Å². The Bertz CT molecular complexity index is 485. The van der Waals surface area contributed by atoms with Crippen LogP contribution in [-0.4, -0.2) is 11.4 Å². The van der Waals surface area contributed by atoms with E-state index in [1.807, 2.05) is 0 Å². The van der Waals surface area contributed by atoms with Gasteiger partial charge in [-0.25, -0.2) is 4.39 Å². The monoisotopic (exact) mass is 286 g/mol. The molecule has 0 spiro atoms. The molecule has 1 aromatic carbocycles. The van der Waals surface area contributed by atoms with Crippen LogP contribution in [0.3, 0.4) is 0 Å². The van der Waals surface area contributed by atoms with Crippen molar-refractivity contribution in [2.24, 2.45) is 0 Å². The molecule has 2 rings (SSSR count). The third-order valence-corrected chi connectivity index (χ3v) is 3.68. The standard InChI is InChI=1S/C11H12BrFN2O/c1-5-8(12)6(13)4-7-9(5)14-10(16)11(2,3)15-7/h4,15H,1-3H3,(H,14,16). The maximum absolute atomic E-state index is 13.5. The Labute approximate surface area is 102 Å². The number of halogens is 2. The van der Waals surface area contributed by atoms with E-state index < -0.39 is 5.54 Å². The lowest BCUT2D eigenvalue weighted by molar-refractivity contribution is -0.119. The van der Waals surface area contributed by atoms with E-state index >= 15 is 0 Å². The lowest BCUT2D eigenvalue weighted by atomic mass is 9.98. The molecule has 1 aromatic rings. The zero-order chi connectivity index (χ0) is 12.1. The number of nitrogens with one attached hydrogen (secondary N) is 2. The molecule has 1 heterocycles. The molecule has 0 radical (unpaired) electrons. The highest BCUT2D eigenvalue weighted by Crippen LogP contribution is 2.38. The molecule has 5 heteroatoms. The number of rotatable bonds is 0. The largest absolute Gasteiger partial charge is 0.370 e. The third kappa shape index (κ3) is 1.59. The van der Waals surface area contributed by atoms with Crippen LogP contribution in [0.1, 0.15) is 19.4 Å². The van der Waals surface area contributed by atoms with Crippen LogP contribution in [0.2, 0.25) is 0 Å². The lowest BCUT2D eigenvalue weighted by Gasteiger charge is -2.33. The Morgan fingerprint density at radius 3 is 2.69 bits per heavy atom. The second-order valence-electron chi connectivity index (χ2n) is 4.42. The molecular formula is C11H12BrFN2O. The fraction of sp³-hybridized carbons (Fsp3) is 0.364. The predicted molar refractivity (Wildman–Crippen MR) is 65.2 cm³/mol. The van der Waals surface area contributed by atoms with Gasteiger partial charge in [0.1, 0.15) is 11.4 Å². The Balaban J connectivity index is 2.61. The summed E-state index contributed by atoms with van der Waals surface area (Å²) in [6.45, 7) is 5.26. The number of carbonyl (C=O) groups is 1. The number of benzene rings is 1. The number of hydrogen-bond acceptors (Lipinski definition) is 2. The van der Waals surface area contributed by atoms with Crippen molar-refractivity contribution in [2.75, 3.05) is 10.6 Å². The second kappa shape index (κ2) is 3.45. The van der Waals surface area contributed by atoms with Gasteiger partial charge in [-0.1, -0.05) is 0 Å². The van der Waals surface area contributed by atoms with Crippen LogP contribution in [0.4, 0.5) is 15.8 Å². The van der Waals surface area contributed by atoms with E-state index in [0.29, 0.717) is 21.4 Å². The molecule has 0 fully saturated rings. The van der Waals surface area contributed by atoms with Gasteiger partial charge in [-0.15, -0.1) is 0 Å². The quantitative estimate of drug-likeness (QED) is 0.770. The minimum Gasteiger partial charge on any atom is -0.370 e. The van der Waals surface area contributed by atoms with Crippen molar-refractivity contribution in [3.05, 3.63) is 21.9 Å². The summed E-state index contributed by atoms with van der Waals surface area (Å²) in [6, 6.07) is 1.38. The van der Waals surface area contributed by atoms with E-state index in [1.165, 1.54) is 6.07 Å². The lowest BCUT2D eigenvalue weighted by Crippen LogP contribution is -2.47. The summed E-state index contributed by atoms with van der Waals surface area (Å²) in [6.07, 6.45) is 0. The van der Waals surface area contributed by atoms with Gasteiger partial charge in [0.25, 0.3) is 0 Å². The van der Waals surface area contributed by atoms with Gasteiger partial charge in [0.2, 0.25) is 5.91 Å². The molecule has 1 amide bonds. The maximum Gasteiger partial charge on any atom is 0.249 e. The zero-order valence-corrected chi connectivity index (χ0v) is 10.8. The highest BCUT2D eigenvalue weighted by Gasteiger charge is 2.34. The van der Waals surface area contributed by atoms with Gasteiger partial charge in [0.15, 0.2) is 0 Å². The highest BCUT2D eigenvalue weighted by atomic mass is 79.9. The molecule has 0 saturated carbocycles.